The fraction of sp³-hybridized carbons (Fsp3) is 0.0526. The van der Waals surface area contributed by atoms with Crippen molar-refractivity contribution in [2.75, 3.05) is 4.90 Å². The number of nitrogens with zero attached hydrogens (tertiary/aromatic N) is 1. The van der Waals surface area contributed by atoms with Crippen LogP contribution in [0.25, 0.3) is 53.6 Å². The third kappa shape index (κ3) is 3.85. The summed E-state index contributed by atoms with van der Waals surface area (Å²) in [5.41, 5.74) is 19.4. The number of para-hydroxylation sites is 1. The summed E-state index contributed by atoms with van der Waals surface area (Å²) in [6.45, 7) is 4.50. The second-order valence-corrected chi connectivity index (χ2v) is 22.0. The number of aryl methyl sites for hydroxylation is 2. The molecule has 0 saturated carbocycles. The largest absolute Gasteiger partial charge is 0.310 e. The van der Waals surface area contributed by atoms with Crippen molar-refractivity contribution in [1.29, 1.82) is 0 Å². The number of rotatable bonds is 1. The van der Waals surface area contributed by atoms with Crippen LogP contribution in [0.3, 0.4) is 0 Å². The second-order valence-electron chi connectivity index (χ2n) is 17.3. The van der Waals surface area contributed by atoms with Crippen LogP contribution in [-0.4, -0.2) is 8.07 Å². The van der Waals surface area contributed by atoms with Crippen molar-refractivity contribution in [2.24, 2.45) is 0 Å². The van der Waals surface area contributed by atoms with E-state index in [-0.39, 0.29) is 0 Å². The molecule has 3 aliphatic heterocycles. The maximum atomic E-state index is 2.63. The first kappa shape index (κ1) is 33.1. The predicted octanol–water partition coefficient (Wildman–Crippen LogP) is 12.2. The van der Waals surface area contributed by atoms with Crippen LogP contribution in [-0.2, 0) is 5.41 Å². The normalized spacial score (nSPS) is 15.1. The molecular weight excluding hydrogens is 759 g/mol. The average molecular weight is 796 g/mol. The number of fused-ring (bicyclic) bond motifs is 22. The summed E-state index contributed by atoms with van der Waals surface area (Å²) in [4.78, 5) is 2.63. The molecule has 0 N–H and O–H groups in total. The van der Waals surface area contributed by atoms with E-state index in [4.69, 9.17) is 0 Å². The number of hydrogen-bond donors (Lipinski definition) is 0. The van der Waals surface area contributed by atoms with E-state index in [1.165, 1.54) is 125 Å². The van der Waals surface area contributed by atoms with Gasteiger partial charge in [0.25, 0.3) is 0 Å². The molecule has 4 aliphatic rings. The monoisotopic (exact) mass is 795 g/mol. The highest BCUT2D eigenvalue weighted by Gasteiger charge is 2.55. The Balaban J connectivity index is 1.12. The summed E-state index contributed by atoms with van der Waals surface area (Å²) in [6, 6.07) is 73.0. The van der Waals surface area contributed by atoms with Crippen molar-refractivity contribution in [3.05, 3.63) is 221 Å². The first-order chi connectivity index (χ1) is 29.6. The number of hydrogen-bond acceptors (Lipinski definition) is 2. The molecule has 280 valence electrons. The smallest absolute Gasteiger partial charge is 0.182 e. The maximum absolute atomic E-state index is 2.66. The lowest BCUT2D eigenvalue weighted by Gasteiger charge is -2.45. The van der Waals surface area contributed by atoms with E-state index in [9.17, 15) is 0 Å². The highest BCUT2D eigenvalue weighted by Crippen LogP contribution is 2.64. The average Bonchev–Trinajstić information content (AvgIpc) is 3.98. The van der Waals surface area contributed by atoms with Crippen molar-refractivity contribution >= 4 is 77.4 Å². The van der Waals surface area contributed by atoms with Gasteiger partial charge in [-0.05, 0) is 127 Å². The Hall–Kier alpha value is -6.78. The van der Waals surface area contributed by atoms with E-state index < -0.39 is 13.5 Å². The molecule has 0 unspecified atom stereocenters. The van der Waals surface area contributed by atoms with Crippen LogP contribution >= 0.6 is 11.3 Å². The van der Waals surface area contributed by atoms with Gasteiger partial charge >= 0.3 is 0 Å². The van der Waals surface area contributed by atoms with E-state index >= 15 is 0 Å². The van der Waals surface area contributed by atoms with Crippen LogP contribution in [0.2, 0.25) is 0 Å². The van der Waals surface area contributed by atoms with Gasteiger partial charge < -0.3 is 4.90 Å². The van der Waals surface area contributed by atoms with Crippen molar-refractivity contribution in [1.82, 2.24) is 0 Å². The Morgan fingerprint density at radius 1 is 0.383 bits per heavy atom. The van der Waals surface area contributed by atoms with Gasteiger partial charge in [-0.15, -0.1) is 11.3 Å². The molecule has 0 amide bonds. The summed E-state index contributed by atoms with van der Waals surface area (Å²) >= 11 is 1.92. The molecule has 1 nitrogen and oxygen atoms in total. The summed E-state index contributed by atoms with van der Waals surface area (Å²) in [6.07, 6.45) is 0. The number of thiophene rings is 1. The minimum atomic E-state index is -2.66. The molecule has 9 aromatic carbocycles. The second kappa shape index (κ2) is 11.5. The van der Waals surface area contributed by atoms with Gasteiger partial charge in [-0.1, -0.05) is 163 Å². The number of benzene rings is 9. The topological polar surface area (TPSA) is 3.24 Å². The van der Waals surface area contributed by atoms with E-state index in [0.717, 1.165) is 0 Å². The lowest BCUT2D eigenvalue weighted by molar-refractivity contribution is 0.753. The van der Waals surface area contributed by atoms with Crippen molar-refractivity contribution in [3.8, 4) is 33.4 Å². The zero-order valence-corrected chi connectivity index (χ0v) is 35.1. The van der Waals surface area contributed by atoms with Crippen LogP contribution in [0.4, 0.5) is 17.1 Å². The molecule has 1 aromatic heterocycles. The predicted molar refractivity (Wildman–Crippen MR) is 256 cm³/mol. The first-order valence-electron chi connectivity index (χ1n) is 21.1. The van der Waals surface area contributed by atoms with Gasteiger partial charge in [-0.2, -0.15) is 0 Å². The zero-order chi connectivity index (χ0) is 39.5. The van der Waals surface area contributed by atoms with Crippen molar-refractivity contribution in [3.63, 3.8) is 0 Å². The summed E-state index contributed by atoms with van der Waals surface area (Å²) in [5.74, 6) is 0. The lowest BCUT2D eigenvalue weighted by Crippen LogP contribution is -2.70. The van der Waals surface area contributed by atoms with Gasteiger partial charge in [-0.3, -0.25) is 0 Å². The molecule has 4 heterocycles. The molecule has 0 radical (unpaired) electrons. The Kier molecular flexibility index (Phi) is 6.33. The van der Waals surface area contributed by atoms with Gasteiger partial charge in [0.15, 0.2) is 8.07 Å². The molecule has 14 rings (SSSR count). The van der Waals surface area contributed by atoms with Gasteiger partial charge in [0.1, 0.15) is 0 Å². The Morgan fingerprint density at radius 3 is 1.60 bits per heavy atom. The van der Waals surface area contributed by atoms with Crippen molar-refractivity contribution in [2.45, 2.75) is 19.3 Å². The zero-order valence-electron chi connectivity index (χ0n) is 33.3. The molecule has 0 fully saturated rings. The molecule has 3 heteroatoms. The highest BCUT2D eigenvalue weighted by atomic mass is 32.1. The minimum absolute atomic E-state index is 0.498. The fourth-order valence-corrected chi connectivity index (χ4v) is 18.9. The quantitative estimate of drug-likeness (QED) is 0.150. The highest BCUT2D eigenvalue weighted by molar-refractivity contribution is 7.26. The van der Waals surface area contributed by atoms with Crippen LogP contribution in [0.1, 0.15) is 33.4 Å². The molecule has 1 aliphatic carbocycles. The van der Waals surface area contributed by atoms with E-state index in [1.54, 1.807) is 0 Å². The Morgan fingerprint density at radius 2 is 0.933 bits per heavy atom. The summed E-state index contributed by atoms with van der Waals surface area (Å²) in [7, 11) is -2.66. The van der Waals surface area contributed by atoms with Crippen molar-refractivity contribution < 1.29 is 0 Å². The Labute approximate surface area is 354 Å². The molecular formula is C57H37NSSi. The van der Waals surface area contributed by atoms with Gasteiger partial charge in [0.2, 0.25) is 0 Å². The van der Waals surface area contributed by atoms with E-state index in [0.29, 0.717) is 0 Å². The molecule has 0 saturated heterocycles. The SMILES string of the molecule is Cc1ccc2c(c1)C1(c3cc(C)ccc3-2)c2ccccc2N(c2ccc3c(c2)[Si]2(c4ccccc4-c4ccccc42)c2ccccc2-3)c2cc3c(cc21)sc1ccccc13. The van der Waals surface area contributed by atoms with Gasteiger partial charge in [-0.25, -0.2) is 0 Å². The molecule has 2 spiro atoms. The molecule has 60 heavy (non-hydrogen) atoms. The fourth-order valence-electron chi connectivity index (χ4n) is 12.1. The van der Waals surface area contributed by atoms with Crippen LogP contribution < -0.4 is 25.6 Å². The minimum Gasteiger partial charge on any atom is -0.310 e. The molecule has 10 aromatic rings. The van der Waals surface area contributed by atoms with E-state index in [2.05, 4.69) is 207 Å². The molecule has 0 bridgehead atoms. The van der Waals surface area contributed by atoms with Crippen LogP contribution in [0.5, 0.6) is 0 Å². The third-order valence-corrected chi connectivity index (χ3v) is 20.5. The van der Waals surface area contributed by atoms with Crippen LogP contribution in [0.15, 0.2) is 188 Å². The summed E-state index contributed by atoms with van der Waals surface area (Å²) in [5, 5.41) is 8.64. The van der Waals surface area contributed by atoms with Gasteiger partial charge in [0, 0.05) is 25.9 Å². The van der Waals surface area contributed by atoms with Gasteiger partial charge in [0.05, 0.1) is 16.8 Å². The Bertz CT molecular complexity index is 3440. The first-order valence-corrected chi connectivity index (χ1v) is 23.9. The lowest BCUT2D eigenvalue weighted by atomic mass is 9.64. The van der Waals surface area contributed by atoms with E-state index in [1.807, 2.05) is 11.3 Å². The number of anilines is 3. The van der Waals surface area contributed by atoms with Crippen LogP contribution in [0, 0.1) is 13.8 Å². The standard InChI is InChI=1S/C57H37NSSi/c1-34-23-26-37-38-27-24-35(2)30-47(38)57(46(37)29-34)45-17-7-8-18-49(45)58(50-32-44-39-13-3-9-19-51(39)59-52(44)33-48(50)57)36-25-28-43-42-16-6-12-22-55(42)60(56(43)31-36)53-20-10-4-14-40(53)41-15-5-11-21-54(41)60/h3-33H,1-2H3. The maximum Gasteiger partial charge on any atom is 0.182 e. The molecule has 0 atom stereocenters. The third-order valence-electron chi connectivity index (χ3n) is 14.4. The summed E-state index contributed by atoms with van der Waals surface area (Å²) < 4.78 is 2.66.